The lowest BCUT2D eigenvalue weighted by Gasteiger charge is -2.22. The van der Waals surface area contributed by atoms with Gasteiger partial charge in [-0.2, -0.15) is 0 Å². The van der Waals surface area contributed by atoms with Gasteiger partial charge < -0.3 is 10.1 Å². The van der Waals surface area contributed by atoms with Gasteiger partial charge >= 0.3 is 0 Å². The number of carbonyl (C=O) groups is 1. The van der Waals surface area contributed by atoms with Crippen LogP contribution in [0.1, 0.15) is 81.2 Å². The molecule has 34 heavy (non-hydrogen) atoms. The number of aromatic nitrogens is 1. The number of carbonyl (C=O) groups excluding carboxylic acids is 1. The summed E-state index contributed by atoms with van der Waals surface area (Å²) >= 11 is 2.70. The van der Waals surface area contributed by atoms with Crippen LogP contribution in [-0.4, -0.2) is 35.7 Å². The zero-order chi connectivity index (χ0) is 24.1. The van der Waals surface area contributed by atoms with E-state index in [0.29, 0.717) is 29.0 Å². The first kappa shape index (κ1) is 25.6. The van der Waals surface area contributed by atoms with Gasteiger partial charge in [0.1, 0.15) is 5.82 Å². The van der Waals surface area contributed by atoms with Crippen molar-refractivity contribution in [2.24, 2.45) is 5.92 Å². The number of nitrogens with zero attached hydrogens (tertiary/aromatic N) is 1. The van der Waals surface area contributed by atoms with E-state index in [4.69, 9.17) is 9.72 Å². The highest BCUT2D eigenvalue weighted by Crippen LogP contribution is 2.36. The van der Waals surface area contributed by atoms with Crippen LogP contribution >= 0.6 is 23.3 Å². The standard InChI is InChI=1S/C26H36FN3O2S2/c1-26(2,3)30-34-22-10-9-18(16-20(22)27)23-21(15-17-7-5-4-6-8-17)29-25(33-23)24(31)28-19-11-13-32-14-12-19/h9-10,16-17,19,30H,4-8,11-15H2,1-3H3,(H,28,31). The molecular weight excluding hydrogens is 469 g/mol. The van der Waals surface area contributed by atoms with E-state index in [9.17, 15) is 4.79 Å². The Morgan fingerprint density at radius 3 is 2.59 bits per heavy atom. The molecule has 2 heterocycles. The van der Waals surface area contributed by atoms with Crippen molar-refractivity contribution in [3.63, 3.8) is 0 Å². The maximum Gasteiger partial charge on any atom is 0.280 e. The summed E-state index contributed by atoms with van der Waals surface area (Å²) in [5, 5.41) is 3.60. The van der Waals surface area contributed by atoms with Crippen LogP contribution in [0, 0.1) is 11.7 Å². The summed E-state index contributed by atoms with van der Waals surface area (Å²) in [4.78, 5) is 19.3. The minimum Gasteiger partial charge on any atom is -0.381 e. The van der Waals surface area contributed by atoms with E-state index >= 15 is 4.39 Å². The quantitative estimate of drug-likeness (QED) is 0.428. The zero-order valence-corrected chi connectivity index (χ0v) is 22.0. The molecule has 1 aromatic carbocycles. The van der Waals surface area contributed by atoms with Crippen LogP contribution in [0.5, 0.6) is 0 Å². The molecule has 2 N–H and O–H groups in total. The van der Waals surface area contributed by atoms with Gasteiger partial charge in [-0.15, -0.1) is 11.3 Å². The Hall–Kier alpha value is -1.48. The molecule has 1 saturated carbocycles. The van der Waals surface area contributed by atoms with Crippen molar-refractivity contribution in [1.29, 1.82) is 0 Å². The number of hydrogen-bond donors (Lipinski definition) is 2. The Bertz CT molecular complexity index is 977. The summed E-state index contributed by atoms with van der Waals surface area (Å²) in [6.45, 7) is 7.50. The molecular formula is C26H36FN3O2S2. The number of thiazole rings is 1. The van der Waals surface area contributed by atoms with Crippen molar-refractivity contribution in [3.8, 4) is 10.4 Å². The van der Waals surface area contributed by atoms with Crippen molar-refractivity contribution >= 4 is 29.2 Å². The topological polar surface area (TPSA) is 63.2 Å². The molecule has 0 unspecified atom stereocenters. The number of nitrogens with one attached hydrogen (secondary N) is 2. The number of ether oxygens (including phenoxy) is 1. The van der Waals surface area contributed by atoms with Crippen LogP contribution < -0.4 is 10.0 Å². The molecule has 0 bridgehead atoms. The van der Waals surface area contributed by atoms with E-state index in [-0.39, 0.29) is 23.3 Å². The highest BCUT2D eigenvalue weighted by Gasteiger charge is 2.25. The van der Waals surface area contributed by atoms with E-state index in [1.54, 1.807) is 6.07 Å². The van der Waals surface area contributed by atoms with Gasteiger partial charge in [-0.25, -0.2) is 9.37 Å². The average Bonchev–Trinajstić information content (AvgIpc) is 3.23. The maximum absolute atomic E-state index is 15.0. The molecule has 2 aliphatic rings. The first-order valence-electron chi connectivity index (χ1n) is 12.4. The lowest BCUT2D eigenvalue weighted by Crippen LogP contribution is -2.38. The normalized spacial score (nSPS) is 18.2. The fraction of sp³-hybridized carbons (Fsp3) is 0.615. The van der Waals surface area contributed by atoms with Gasteiger partial charge in [-0.1, -0.05) is 38.2 Å². The van der Waals surface area contributed by atoms with Gasteiger partial charge in [0.25, 0.3) is 5.91 Å². The van der Waals surface area contributed by atoms with E-state index < -0.39 is 0 Å². The molecule has 1 aliphatic carbocycles. The predicted octanol–water partition coefficient (Wildman–Crippen LogP) is 6.38. The number of benzene rings is 1. The lowest BCUT2D eigenvalue weighted by molar-refractivity contribution is 0.0696. The van der Waals surface area contributed by atoms with Crippen LogP contribution in [-0.2, 0) is 11.2 Å². The second-order valence-electron chi connectivity index (χ2n) is 10.5. The SMILES string of the molecule is CC(C)(C)NSc1ccc(-c2sc(C(=O)NC3CCOCC3)nc2CC2CCCCC2)cc1F. The number of halogens is 1. The average molecular weight is 506 g/mol. The molecule has 0 spiro atoms. The molecule has 2 aromatic rings. The van der Waals surface area contributed by atoms with Gasteiger partial charge in [0.2, 0.25) is 0 Å². The van der Waals surface area contributed by atoms with Crippen molar-refractivity contribution in [3.05, 3.63) is 34.7 Å². The van der Waals surface area contributed by atoms with E-state index in [1.165, 1.54) is 55.4 Å². The Morgan fingerprint density at radius 1 is 1.18 bits per heavy atom. The second-order valence-corrected chi connectivity index (χ2v) is 12.3. The molecule has 1 aromatic heterocycles. The van der Waals surface area contributed by atoms with Crippen LogP contribution in [0.2, 0.25) is 0 Å². The van der Waals surface area contributed by atoms with Gasteiger partial charge in [0.05, 0.1) is 15.5 Å². The first-order chi connectivity index (χ1) is 16.3. The smallest absolute Gasteiger partial charge is 0.280 e. The van der Waals surface area contributed by atoms with Crippen LogP contribution in [0.3, 0.4) is 0 Å². The summed E-state index contributed by atoms with van der Waals surface area (Å²) in [5.41, 5.74) is 1.61. The van der Waals surface area contributed by atoms with Crippen LogP contribution in [0.4, 0.5) is 4.39 Å². The molecule has 0 radical (unpaired) electrons. The van der Waals surface area contributed by atoms with E-state index in [1.807, 2.05) is 32.9 Å². The highest BCUT2D eigenvalue weighted by molar-refractivity contribution is 7.97. The molecule has 8 heteroatoms. The zero-order valence-electron chi connectivity index (χ0n) is 20.4. The second kappa shape index (κ2) is 11.5. The summed E-state index contributed by atoms with van der Waals surface area (Å²) in [7, 11) is 0. The van der Waals surface area contributed by atoms with Crippen molar-refractivity contribution in [1.82, 2.24) is 15.0 Å². The molecule has 2 fully saturated rings. The van der Waals surface area contributed by atoms with Crippen molar-refractivity contribution < 1.29 is 13.9 Å². The Kier molecular flexibility index (Phi) is 8.66. The molecule has 1 amide bonds. The highest BCUT2D eigenvalue weighted by atomic mass is 32.2. The number of rotatable bonds is 7. The predicted molar refractivity (Wildman–Crippen MR) is 138 cm³/mol. The molecule has 0 atom stereocenters. The van der Waals surface area contributed by atoms with Gasteiger partial charge in [-0.3, -0.25) is 9.52 Å². The minimum absolute atomic E-state index is 0.118. The van der Waals surface area contributed by atoms with E-state index in [0.717, 1.165) is 35.4 Å². The Balaban J connectivity index is 1.57. The van der Waals surface area contributed by atoms with Crippen LogP contribution in [0.15, 0.2) is 23.1 Å². The largest absolute Gasteiger partial charge is 0.381 e. The third-order valence-electron chi connectivity index (χ3n) is 6.32. The van der Waals surface area contributed by atoms with Gasteiger partial charge in [0, 0.05) is 24.8 Å². The van der Waals surface area contributed by atoms with Gasteiger partial charge in [-0.05, 0) is 75.6 Å². The molecule has 5 nitrogen and oxygen atoms in total. The molecule has 1 saturated heterocycles. The molecule has 4 rings (SSSR count). The summed E-state index contributed by atoms with van der Waals surface area (Å²) in [6.07, 6.45) is 8.70. The summed E-state index contributed by atoms with van der Waals surface area (Å²) in [5.74, 6) is 0.191. The Morgan fingerprint density at radius 2 is 1.91 bits per heavy atom. The van der Waals surface area contributed by atoms with Crippen molar-refractivity contribution in [2.45, 2.75) is 88.6 Å². The summed E-state index contributed by atoms with van der Waals surface area (Å²) in [6, 6.07) is 5.48. The van der Waals surface area contributed by atoms with E-state index in [2.05, 4.69) is 10.0 Å². The molecule has 186 valence electrons. The third-order valence-corrected chi connectivity index (χ3v) is 8.73. The van der Waals surface area contributed by atoms with Gasteiger partial charge in [0.15, 0.2) is 5.01 Å². The van der Waals surface area contributed by atoms with Crippen LogP contribution in [0.25, 0.3) is 10.4 Å². The molecule has 1 aliphatic heterocycles. The number of amides is 1. The fourth-order valence-electron chi connectivity index (χ4n) is 4.50. The fourth-order valence-corrected chi connectivity index (χ4v) is 6.20. The maximum atomic E-state index is 15.0. The van der Waals surface area contributed by atoms with Crippen molar-refractivity contribution in [2.75, 3.05) is 13.2 Å². The summed E-state index contributed by atoms with van der Waals surface area (Å²) < 4.78 is 23.7. The monoisotopic (exact) mass is 505 g/mol. The third kappa shape index (κ3) is 7.03. The minimum atomic E-state index is -0.260. The first-order valence-corrected chi connectivity index (χ1v) is 14.0. The Labute approximate surface area is 210 Å². The number of hydrogen-bond acceptors (Lipinski definition) is 6. The lowest BCUT2D eigenvalue weighted by atomic mass is 9.85.